The average Bonchev–Trinajstić information content (AvgIpc) is 2.86. The van der Waals surface area contributed by atoms with Gasteiger partial charge in [0.25, 0.3) is 5.91 Å². The van der Waals surface area contributed by atoms with Crippen LogP contribution in [-0.4, -0.2) is 47.0 Å². The number of carbonyl (C=O) groups excluding carboxylic acids is 1. The van der Waals surface area contributed by atoms with Crippen LogP contribution in [0.4, 0.5) is 5.82 Å². The zero-order chi connectivity index (χ0) is 24.1. The largest absolute Gasteiger partial charge is 0.353 e. The molecule has 0 aliphatic carbocycles. The second-order valence-electron chi connectivity index (χ2n) is 9.38. The number of benzene rings is 2. The molecule has 1 fully saturated rings. The number of unbranched alkanes of at least 4 members (excludes halogenated alkanes) is 2. The molecule has 2 aromatic carbocycles. The number of aromatic nitrogens is 2. The van der Waals surface area contributed by atoms with Crippen LogP contribution in [0.15, 0.2) is 48.5 Å². The fourth-order valence-corrected chi connectivity index (χ4v) is 4.45. The first-order valence-corrected chi connectivity index (χ1v) is 12.5. The third-order valence-electron chi connectivity index (χ3n) is 6.81. The fourth-order valence-electron chi connectivity index (χ4n) is 4.45. The number of rotatable bonds is 7. The smallest absolute Gasteiger partial charge is 0.253 e. The summed E-state index contributed by atoms with van der Waals surface area (Å²) in [5.74, 6) is 1.86. The molecule has 1 aromatic heterocycles. The van der Waals surface area contributed by atoms with E-state index in [1.54, 1.807) is 0 Å². The lowest BCUT2D eigenvalue weighted by atomic mass is 10.0. The van der Waals surface area contributed by atoms with Gasteiger partial charge in [0, 0.05) is 48.6 Å². The maximum Gasteiger partial charge on any atom is 0.253 e. The lowest BCUT2D eigenvalue weighted by molar-refractivity contribution is 0.0746. The van der Waals surface area contributed by atoms with Crippen molar-refractivity contribution in [3.05, 3.63) is 76.5 Å². The molecule has 3 aromatic rings. The van der Waals surface area contributed by atoms with Crippen LogP contribution >= 0.6 is 0 Å². The van der Waals surface area contributed by atoms with E-state index in [1.807, 2.05) is 24.0 Å². The summed E-state index contributed by atoms with van der Waals surface area (Å²) >= 11 is 0. The van der Waals surface area contributed by atoms with E-state index in [0.29, 0.717) is 13.1 Å². The number of piperazine rings is 1. The lowest BCUT2D eigenvalue weighted by Crippen LogP contribution is -2.49. The summed E-state index contributed by atoms with van der Waals surface area (Å²) in [6.07, 6.45) is 4.77. The van der Waals surface area contributed by atoms with Gasteiger partial charge < -0.3 is 9.80 Å². The highest BCUT2D eigenvalue weighted by molar-refractivity contribution is 5.94. The minimum absolute atomic E-state index is 0.121. The van der Waals surface area contributed by atoms with Crippen molar-refractivity contribution in [2.24, 2.45) is 0 Å². The standard InChI is InChI=1S/C29H36N4O/c1-5-6-7-8-24-11-15-26(16-12-24)29(34)33-19-17-32(18-20-33)28-22(3)23(4)30-27(31-28)25-13-9-21(2)10-14-25/h9-16H,5-8,17-20H2,1-4H3. The van der Waals surface area contributed by atoms with Crippen LogP contribution in [0.3, 0.4) is 0 Å². The Morgan fingerprint density at radius 3 is 2.18 bits per heavy atom. The second kappa shape index (κ2) is 10.8. The van der Waals surface area contributed by atoms with Gasteiger partial charge in [0.05, 0.1) is 0 Å². The normalized spacial score (nSPS) is 13.9. The Morgan fingerprint density at radius 1 is 0.853 bits per heavy atom. The molecule has 5 nitrogen and oxygen atoms in total. The van der Waals surface area contributed by atoms with Crippen molar-refractivity contribution in [3.63, 3.8) is 0 Å². The van der Waals surface area contributed by atoms with Gasteiger partial charge in [0.2, 0.25) is 0 Å². The SMILES string of the molecule is CCCCCc1ccc(C(=O)N2CCN(c3nc(-c4ccc(C)cc4)nc(C)c3C)CC2)cc1. The van der Waals surface area contributed by atoms with Crippen molar-refractivity contribution < 1.29 is 4.79 Å². The van der Waals surface area contributed by atoms with E-state index in [-0.39, 0.29) is 5.91 Å². The molecule has 1 aliphatic heterocycles. The molecule has 0 bridgehead atoms. The Balaban J connectivity index is 1.42. The zero-order valence-corrected chi connectivity index (χ0v) is 21.0. The van der Waals surface area contributed by atoms with Crippen molar-refractivity contribution in [1.29, 1.82) is 0 Å². The molecule has 0 atom stereocenters. The Labute approximate surface area is 203 Å². The first-order valence-electron chi connectivity index (χ1n) is 12.5. The van der Waals surface area contributed by atoms with E-state index in [9.17, 15) is 4.79 Å². The number of carbonyl (C=O) groups is 1. The molecular weight excluding hydrogens is 420 g/mol. The van der Waals surface area contributed by atoms with E-state index in [4.69, 9.17) is 9.97 Å². The van der Waals surface area contributed by atoms with Crippen LogP contribution in [-0.2, 0) is 6.42 Å². The predicted octanol–water partition coefficient (Wildman–Crippen LogP) is 5.76. The molecule has 2 heterocycles. The van der Waals surface area contributed by atoms with Crippen LogP contribution in [0.1, 0.15) is 58.9 Å². The topological polar surface area (TPSA) is 49.3 Å². The summed E-state index contributed by atoms with van der Waals surface area (Å²) < 4.78 is 0. The van der Waals surface area contributed by atoms with E-state index >= 15 is 0 Å². The van der Waals surface area contributed by atoms with Gasteiger partial charge in [0.1, 0.15) is 5.82 Å². The van der Waals surface area contributed by atoms with Gasteiger partial charge in [0.15, 0.2) is 5.82 Å². The first-order chi connectivity index (χ1) is 16.5. The number of hydrogen-bond acceptors (Lipinski definition) is 4. The Hall–Kier alpha value is -3.21. The summed E-state index contributed by atoms with van der Waals surface area (Å²) in [6, 6.07) is 16.5. The quantitative estimate of drug-likeness (QED) is 0.424. The Morgan fingerprint density at radius 2 is 1.53 bits per heavy atom. The molecule has 0 spiro atoms. The fraction of sp³-hybridized carbons (Fsp3) is 0.414. The number of amides is 1. The van der Waals surface area contributed by atoms with Crippen LogP contribution < -0.4 is 4.90 Å². The number of nitrogens with zero attached hydrogens (tertiary/aromatic N) is 4. The van der Waals surface area contributed by atoms with Gasteiger partial charge in [-0.3, -0.25) is 4.79 Å². The summed E-state index contributed by atoms with van der Waals surface area (Å²) in [7, 11) is 0. The van der Waals surface area contributed by atoms with E-state index in [0.717, 1.165) is 53.5 Å². The maximum absolute atomic E-state index is 13.1. The molecule has 178 valence electrons. The monoisotopic (exact) mass is 456 g/mol. The molecule has 0 saturated carbocycles. The van der Waals surface area contributed by atoms with Gasteiger partial charge >= 0.3 is 0 Å². The predicted molar refractivity (Wildman–Crippen MR) is 139 cm³/mol. The Bertz CT molecular complexity index is 1110. The zero-order valence-electron chi connectivity index (χ0n) is 21.0. The highest BCUT2D eigenvalue weighted by Crippen LogP contribution is 2.26. The number of anilines is 1. The molecule has 1 saturated heterocycles. The Kier molecular flexibility index (Phi) is 7.61. The van der Waals surface area contributed by atoms with E-state index in [1.165, 1.54) is 30.4 Å². The maximum atomic E-state index is 13.1. The van der Waals surface area contributed by atoms with Crippen LogP contribution in [0, 0.1) is 20.8 Å². The molecule has 0 radical (unpaired) electrons. The number of aryl methyl sites for hydroxylation is 3. The average molecular weight is 457 g/mol. The second-order valence-corrected chi connectivity index (χ2v) is 9.38. The van der Waals surface area contributed by atoms with Gasteiger partial charge in [-0.25, -0.2) is 9.97 Å². The summed E-state index contributed by atoms with van der Waals surface area (Å²) in [4.78, 5) is 27.0. The van der Waals surface area contributed by atoms with Crippen molar-refractivity contribution >= 4 is 11.7 Å². The van der Waals surface area contributed by atoms with Crippen LogP contribution in [0.25, 0.3) is 11.4 Å². The van der Waals surface area contributed by atoms with Crippen molar-refractivity contribution in [2.45, 2.75) is 53.4 Å². The molecular formula is C29H36N4O. The van der Waals surface area contributed by atoms with E-state index in [2.05, 4.69) is 62.1 Å². The van der Waals surface area contributed by atoms with Crippen molar-refractivity contribution in [1.82, 2.24) is 14.9 Å². The van der Waals surface area contributed by atoms with Gasteiger partial charge in [-0.2, -0.15) is 0 Å². The highest BCUT2D eigenvalue weighted by atomic mass is 16.2. The molecule has 4 rings (SSSR count). The third-order valence-corrected chi connectivity index (χ3v) is 6.81. The summed E-state index contributed by atoms with van der Waals surface area (Å²) in [5, 5.41) is 0. The van der Waals surface area contributed by atoms with E-state index < -0.39 is 0 Å². The first kappa shape index (κ1) is 23.9. The van der Waals surface area contributed by atoms with Gasteiger partial charge in [-0.15, -0.1) is 0 Å². The lowest BCUT2D eigenvalue weighted by Gasteiger charge is -2.36. The van der Waals surface area contributed by atoms with Crippen molar-refractivity contribution in [3.8, 4) is 11.4 Å². The van der Waals surface area contributed by atoms with Crippen LogP contribution in [0.5, 0.6) is 0 Å². The van der Waals surface area contributed by atoms with Gasteiger partial charge in [-0.1, -0.05) is 61.7 Å². The molecule has 0 unspecified atom stereocenters. The molecule has 34 heavy (non-hydrogen) atoms. The van der Waals surface area contributed by atoms with Crippen molar-refractivity contribution in [2.75, 3.05) is 31.1 Å². The summed E-state index contributed by atoms with van der Waals surface area (Å²) in [5.41, 5.74) is 6.45. The molecule has 0 N–H and O–H groups in total. The molecule has 1 amide bonds. The molecule has 5 heteroatoms. The minimum Gasteiger partial charge on any atom is -0.353 e. The minimum atomic E-state index is 0.121. The molecule has 1 aliphatic rings. The summed E-state index contributed by atoms with van der Waals surface area (Å²) in [6.45, 7) is 11.4. The third kappa shape index (κ3) is 5.46. The van der Waals surface area contributed by atoms with Crippen LogP contribution in [0.2, 0.25) is 0 Å². The van der Waals surface area contributed by atoms with Gasteiger partial charge in [-0.05, 0) is 51.3 Å². The number of hydrogen-bond donors (Lipinski definition) is 0. The highest BCUT2D eigenvalue weighted by Gasteiger charge is 2.25.